The van der Waals surface area contributed by atoms with Gasteiger partial charge in [0, 0.05) is 5.02 Å². The van der Waals surface area contributed by atoms with Crippen LogP contribution in [-0.4, -0.2) is 21.0 Å². The van der Waals surface area contributed by atoms with Gasteiger partial charge in [0.25, 0.3) is 0 Å². The molecule has 1 rings (SSSR count). The van der Waals surface area contributed by atoms with Crippen LogP contribution in [0.4, 0.5) is 3.89 Å². The molecular formula is C9H8ClFO4S. The molecule has 0 saturated carbocycles. The lowest BCUT2D eigenvalue weighted by molar-refractivity contribution is 0.0526. The lowest BCUT2D eigenvalue weighted by Gasteiger charge is -2.03. The van der Waals surface area contributed by atoms with Crippen molar-refractivity contribution in [1.29, 1.82) is 0 Å². The first kappa shape index (κ1) is 12.9. The molecule has 0 aliphatic rings. The minimum absolute atomic E-state index is 0.0539. The van der Waals surface area contributed by atoms with E-state index in [1.54, 1.807) is 6.92 Å². The van der Waals surface area contributed by atoms with Crippen molar-refractivity contribution < 1.29 is 21.8 Å². The van der Waals surface area contributed by atoms with Gasteiger partial charge in [-0.05, 0) is 25.1 Å². The van der Waals surface area contributed by atoms with E-state index in [-0.39, 0.29) is 17.2 Å². The number of ether oxygens (including phenoxy) is 1. The van der Waals surface area contributed by atoms with E-state index in [9.17, 15) is 17.1 Å². The molecule has 0 bridgehead atoms. The molecule has 0 aromatic heterocycles. The third-order valence-electron chi connectivity index (χ3n) is 1.66. The topological polar surface area (TPSA) is 60.4 Å². The fourth-order valence-electron chi connectivity index (χ4n) is 1.04. The summed E-state index contributed by atoms with van der Waals surface area (Å²) in [6, 6.07) is 2.99. The molecule has 0 N–H and O–H groups in total. The Kier molecular flexibility index (Phi) is 3.88. The molecule has 1 aromatic carbocycles. The van der Waals surface area contributed by atoms with Gasteiger partial charge in [-0.3, -0.25) is 0 Å². The Morgan fingerprint density at radius 3 is 2.56 bits per heavy atom. The number of esters is 1. The van der Waals surface area contributed by atoms with Gasteiger partial charge in [-0.15, -0.1) is 3.89 Å². The van der Waals surface area contributed by atoms with Gasteiger partial charge >= 0.3 is 16.2 Å². The van der Waals surface area contributed by atoms with E-state index in [4.69, 9.17) is 11.6 Å². The van der Waals surface area contributed by atoms with Crippen LogP contribution in [0, 0.1) is 0 Å². The minimum atomic E-state index is -4.89. The van der Waals surface area contributed by atoms with Crippen LogP contribution in [0.2, 0.25) is 5.02 Å². The molecule has 0 aliphatic carbocycles. The Hall–Kier alpha value is -1.14. The molecule has 4 nitrogen and oxygen atoms in total. The van der Waals surface area contributed by atoms with E-state index in [1.807, 2.05) is 0 Å². The van der Waals surface area contributed by atoms with E-state index in [2.05, 4.69) is 4.74 Å². The highest BCUT2D eigenvalue weighted by Gasteiger charge is 2.17. The number of carbonyl (C=O) groups is 1. The summed E-state index contributed by atoms with van der Waals surface area (Å²) >= 11 is 5.56. The predicted molar refractivity (Wildman–Crippen MR) is 55.7 cm³/mol. The van der Waals surface area contributed by atoms with Gasteiger partial charge in [-0.2, -0.15) is 8.42 Å². The SMILES string of the molecule is CCOC(=O)c1cc(Cl)cc(S(=O)(=O)F)c1. The second-order valence-corrected chi connectivity index (χ2v) is 4.62. The highest BCUT2D eigenvalue weighted by Crippen LogP contribution is 2.21. The quantitative estimate of drug-likeness (QED) is 0.621. The maximum absolute atomic E-state index is 12.7. The summed E-state index contributed by atoms with van der Waals surface area (Å²) in [4.78, 5) is 10.6. The van der Waals surface area contributed by atoms with Crippen LogP contribution in [-0.2, 0) is 15.0 Å². The predicted octanol–water partition coefficient (Wildman–Crippen LogP) is 2.17. The number of carbonyl (C=O) groups excluding carboxylic acids is 1. The fraction of sp³-hybridized carbons (Fsp3) is 0.222. The van der Waals surface area contributed by atoms with Gasteiger partial charge in [0.05, 0.1) is 12.2 Å². The highest BCUT2D eigenvalue weighted by molar-refractivity contribution is 7.86. The van der Waals surface area contributed by atoms with E-state index in [1.165, 1.54) is 6.07 Å². The van der Waals surface area contributed by atoms with Gasteiger partial charge in [-0.25, -0.2) is 4.79 Å². The minimum Gasteiger partial charge on any atom is -0.462 e. The summed E-state index contributed by atoms with van der Waals surface area (Å²) in [5.41, 5.74) is -0.106. The van der Waals surface area contributed by atoms with Gasteiger partial charge in [0.15, 0.2) is 0 Å². The molecule has 0 fully saturated rings. The van der Waals surface area contributed by atoms with E-state index in [0.717, 1.165) is 12.1 Å². The van der Waals surface area contributed by atoms with Gasteiger partial charge in [-0.1, -0.05) is 11.6 Å². The van der Waals surface area contributed by atoms with Crippen LogP contribution in [0.3, 0.4) is 0 Å². The summed E-state index contributed by atoms with van der Waals surface area (Å²) in [5.74, 6) is -0.755. The maximum atomic E-state index is 12.7. The monoisotopic (exact) mass is 266 g/mol. The van der Waals surface area contributed by atoms with Crippen LogP contribution in [0.15, 0.2) is 23.1 Å². The molecule has 0 unspecified atom stereocenters. The zero-order chi connectivity index (χ0) is 12.3. The van der Waals surface area contributed by atoms with Crippen LogP contribution in [0.25, 0.3) is 0 Å². The number of benzene rings is 1. The van der Waals surface area contributed by atoms with Crippen LogP contribution in [0.1, 0.15) is 17.3 Å². The van der Waals surface area contributed by atoms with Gasteiger partial charge in [0.2, 0.25) is 0 Å². The number of halogens is 2. The van der Waals surface area contributed by atoms with Crippen molar-refractivity contribution in [3.63, 3.8) is 0 Å². The largest absolute Gasteiger partial charge is 0.462 e. The summed E-state index contributed by atoms with van der Waals surface area (Å²) in [5, 5.41) is -0.0539. The van der Waals surface area contributed by atoms with E-state index >= 15 is 0 Å². The Labute approximate surface area is 97.2 Å². The Balaban J connectivity index is 3.24. The normalized spacial score (nSPS) is 11.2. The second kappa shape index (κ2) is 4.80. The standard InChI is InChI=1S/C9H8ClFO4S/c1-2-15-9(12)6-3-7(10)5-8(4-6)16(11,13)14/h3-5H,2H2,1H3. The van der Waals surface area contributed by atoms with Crippen LogP contribution in [0.5, 0.6) is 0 Å². The average molecular weight is 267 g/mol. The Morgan fingerprint density at radius 2 is 2.06 bits per heavy atom. The molecule has 0 saturated heterocycles. The summed E-state index contributed by atoms with van der Waals surface area (Å²) in [6.45, 7) is 1.72. The summed E-state index contributed by atoms with van der Waals surface area (Å²) in [6.07, 6.45) is 0. The molecule has 0 spiro atoms. The van der Waals surface area contributed by atoms with Gasteiger partial charge in [0.1, 0.15) is 4.90 Å². The van der Waals surface area contributed by atoms with Crippen molar-refractivity contribution in [2.45, 2.75) is 11.8 Å². The third-order valence-corrected chi connectivity index (χ3v) is 2.68. The molecule has 88 valence electrons. The van der Waals surface area contributed by atoms with Crippen molar-refractivity contribution in [3.8, 4) is 0 Å². The zero-order valence-electron chi connectivity index (χ0n) is 8.24. The molecule has 0 radical (unpaired) electrons. The first-order valence-electron chi connectivity index (χ1n) is 4.27. The fourth-order valence-corrected chi connectivity index (χ4v) is 1.87. The zero-order valence-corrected chi connectivity index (χ0v) is 9.81. The van der Waals surface area contributed by atoms with Crippen LogP contribution >= 0.6 is 11.6 Å². The van der Waals surface area contributed by atoms with Crippen molar-refractivity contribution in [3.05, 3.63) is 28.8 Å². The van der Waals surface area contributed by atoms with Gasteiger partial charge < -0.3 is 4.74 Å². The molecule has 0 heterocycles. The molecule has 16 heavy (non-hydrogen) atoms. The Morgan fingerprint density at radius 1 is 1.44 bits per heavy atom. The van der Waals surface area contributed by atoms with Crippen molar-refractivity contribution in [2.75, 3.05) is 6.61 Å². The number of hydrogen-bond donors (Lipinski definition) is 0. The van der Waals surface area contributed by atoms with Crippen molar-refractivity contribution in [1.82, 2.24) is 0 Å². The van der Waals surface area contributed by atoms with Crippen molar-refractivity contribution >= 4 is 27.8 Å². The smallest absolute Gasteiger partial charge is 0.338 e. The molecular weight excluding hydrogens is 259 g/mol. The lowest BCUT2D eigenvalue weighted by atomic mass is 10.2. The van der Waals surface area contributed by atoms with E-state index in [0.29, 0.717) is 0 Å². The lowest BCUT2D eigenvalue weighted by Crippen LogP contribution is -2.06. The Bertz CT molecular complexity index is 512. The molecule has 0 amide bonds. The third kappa shape index (κ3) is 3.18. The maximum Gasteiger partial charge on any atom is 0.338 e. The first-order valence-corrected chi connectivity index (χ1v) is 6.03. The average Bonchev–Trinajstić information content (AvgIpc) is 2.16. The summed E-state index contributed by atoms with van der Waals surface area (Å²) in [7, 11) is -4.89. The molecule has 7 heteroatoms. The summed E-state index contributed by atoms with van der Waals surface area (Å²) < 4.78 is 38.6. The number of rotatable bonds is 3. The van der Waals surface area contributed by atoms with Crippen molar-refractivity contribution in [2.24, 2.45) is 0 Å². The first-order chi connectivity index (χ1) is 7.34. The molecule has 0 aliphatic heterocycles. The molecule has 0 atom stereocenters. The van der Waals surface area contributed by atoms with E-state index < -0.39 is 21.1 Å². The second-order valence-electron chi connectivity index (χ2n) is 2.83. The molecule has 1 aromatic rings. The number of hydrogen-bond acceptors (Lipinski definition) is 4. The highest BCUT2D eigenvalue weighted by atomic mass is 35.5. The van der Waals surface area contributed by atoms with Crippen LogP contribution < -0.4 is 0 Å².